The average Bonchev–Trinajstić information content (AvgIpc) is 2.21. The molecule has 0 radical (unpaired) electrons. The molecule has 0 amide bonds. The third kappa shape index (κ3) is 1.81. The number of rotatable bonds is 1. The molecule has 0 bridgehead atoms. The van der Waals surface area contributed by atoms with Gasteiger partial charge >= 0.3 is 0 Å². The van der Waals surface area contributed by atoms with Gasteiger partial charge in [0.1, 0.15) is 0 Å². The first-order valence-corrected chi connectivity index (χ1v) is 5.57. The van der Waals surface area contributed by atoms with E-state index in [0.29, 0.717) is 6.42 Å². The highest BCUT2D eigenvalue weighted by Gasteiger charge is 2.38. The summed E-state index contributed by atoms with van der Waals surface area (Å²) < 4.78 is 0. The molecular formula is C10H16O2S. The molecular weight excluding hydrogens is 184 g/mol. The van der Waals surface area contributed by atoms with Gasteiger partial charge in [-0.25, -0.2) is 0 Å². The molecule has 13 heavy (non-hydrogen) atoms. The Morgan fingerprint density at radius 1 is 1.54 bits per heavy atom. The summed E-state index contributed by atoms with van der Waals surface area (Å²) in [5, 5.41) is 10.0. The predicted molar refractivity (Wildman–Crippen MR) is 55.7 cm³/mol. The first-order valence-electron chi connectivity index (χ1n) is 4.58. The van der Waals surface area contributed by atoms with Gasteiger partial charge in [-0.3, -0.25) is 4.79 Å². The normalized spacial score (nSPS) is 30.6. The van der Waals surface area contributed by atoms with Crippen LogP contribution in [0.2, 0.25) is 0 Å². The van der Waals surface area contributed by atoms with Gasteiger partial charge in [-0.2, -0.15) is 0 Å². The molecule has 74 valence electrons. The van der Waals surface area contributed by atoms with Gasteiger partial charge in [0.25, 0.3) is 0 Å². The zero-order valence-corrected chi connectivity index (χ0v) is 9.20. The van der Waals surface area contributed by atoms with E-state index >= 15 is 0 Å². The molecule has 3 heteroatoms. The highest BCUT2D eigenvalue weighted by atomic mass is 32.2. The molecule has 1 N–H and O–H groups in total. The zero-order valence-electron chi connectivity index (χ0n) is 8.39. The molecule has 0 aromatic heterocycles. The van der Waals surface area contributed by atoms with Gasteiger partial charge in [0.05, 0.1) is 0 Å². The van der Waals surface area contributed by atoms with Crippen LogP contribution < -0.4 is 0 Å². The van der Waals surface area contributed by atoms with Gasteiger partial charge in [-0.1, -0.05) is 24.3 Å². The van der Waals surface area contributed by atoms with E-state index in [1.54, 1.807) is 0 Å². The van der Waals surface area contributed by atoms with Gasteiger partial charge < -0.3 is 5.11 Å². The number of hydrogen-bond acceptors (Lipinski definition) is 3. The Labute approximate surface area is 83.4 Å². The van der Waals surface area contributed by atoms with E-state index in [4.69, 9.17) is 0 Å². The molecule has 2 nitrogen and oxygen atoms in total. The maximum atomic E-state index is 11.6. The van der Waals surface area contributed by atoms with Crippen molar-refractivity contribution in [2.24, 2.45) is 0 Å². The molecule has 0 fully saturated rings. The largest absolute Gasteiger partial charge is 0.377 e. The van der Waals surface area contributed by atoms with E-state index in [9.17, 15) is 9.90 Å². The molecule has 0 aromatic carbocycles. The molecule has 0 saturated carbocycles. The van der Waals surface area contributed by atoms with E-state index < -0.39 is 5.60 Å². The van der Waals surface area contributed by atoms with Crippen LogP contribution in [0, 0.1) is 0 Å². The van der Waals surface area contributed by atoms with E-state index in [-0.39, 0.29) is 5.12 Å². The number of carbonyl (C=O) groups excluding carboxylic acids is 1. The third-order valence-corrected chi connectivity index (χ3v) is 3.83. The number of thioether (sulfide) groups is 1. The third-order valence-electron chi connectivity index (χ3n) is 2.82. The monoisotopic (exact) mass is 200 g/mol. The fourth-order valence-electron chi connectivity index (χ4n) is 1.52. The summed E-state index contributed by atoms with van der Waals surface area (Å²) in [6, 6.07) is 0. The lowest BCUT2D eigenvalue weighted by atomic mass is 9.89. The fraction of sp³-hybridized carbons (Fsp3) is 0.700. The summed E-state index contributed by atoms with van der Waals surface area (Å²) in [5.41, 5.74) is 0.804. The quantitative estimate of drug-likeness (QED) is 0.659. The Morgan fingerprint density at radius 2 is 2.15 bits per heavy atom. The molecule has 0 aliphatic carbocycles. The van der Waals surface area contributed by atoms with Crippen molar-refractivity contribution in [1.82, 2.24) is 0 Å². The number of aliphatic hydroxyl groups is 1. The molecule has 1 aliphatic rings. The summed E-state index contributed by atoms with van der Waals surface area (Å²) in [5.74, 6) is 0.796. The van der Waals surface area contributed by atoms with Gasteiger partial charge in [-0.05, 0) is 32.3 Å². The van der Waals surface area contributed by atoms with Crippen LogP contribution in [0.4, 0.5) is 0 Å². The van der Waals surface area contributed by atoms with Crippen LogP contribution >= 0.6 is 11.8 Å². The topological polar surface area (TPSA) is 37.3 Å². The van der Waals surface area contributed by atoms with Crippen molar-refractivity contribution in [2.75, 3.05) is 5.75 Å². The van der Waals surface area contributed by atoms with Gasteiger partial charge in [0.15, 0.2) is 5.60 Å². The second kappa shape index (κ2) is 3.84. The standard InChI is InChI=1S/C10H16O2S/c1-4-10(12)8(3)7(2)5-6-13-9(10)11/h12H,4-6H2,1-3H3/t10-/m1/s1. The van der Waals surface area contributed by atoms with Crippen LogP contribution in [0.25, 0.3) is 0 Å². The van der Waals surface area contributed by atoms with E-state index in [2.05, 4.69) is 0 Å². The summed E-state index contributed by atoms with van der Waals surface area (Å²) in [7, 11) is 0. The summed E-state index contributed by atoms with van der Waals surface area (Å²) in [6.07, 6.45) is 1.38. The Kier molecular flexibility index (Phi) is 3.19. The minimum absolute atomic E-state index is 0.0932. The molecule has 1 rings (SSSR count). The van der Waals surface area contributed by atoms with Gasteiger partial charge in [-0.15, -0.1) is 0 Å². The van der Waals surface area contributed by atoms with Crippen LogP contribution in [-0.4, -0.2) is 21.6 Å². The Bertz CT molecular complexity index is 258. The van der Waals surface area contributed by atoms with Crippen molar-refractivity contribution >= 4 is 16.9 Å². The minimum atomic E-state index is -1.20. The van der Waals surface area contributed by atoms with E-state index in [1.807, 2.05) is 20.8 Å². The van der Waals surface area contributed by atoms with Crippen molar-refractivity contribution in [2.45, 2.75) is 39.2 Å². The van der Waals surface area contributed by atoms with E-state index in [1.165, 1.54) is 11.8 Å². The lowest BCUT2D eigenvalue weighted by Gasteiger charge is -2.25. The van der Waals surface area contributed by atoms with Crippen LogP contribution in [0.3, 0.4) is 0 Å². The van der Waals surface area contributed by atoms with Crippen molar-refractivity contribution < 1.29 is 9.90 Å². The maximum absolute atomic E-state index is 11.6. The minimum Gasteiger partial charge on any atom is -0.377 e. The lowest BCUT2D eigenvalue weighted by molar-refractivity contribution is -0.124. The highest BCUT2D eigenvalue weighted by Crippen LogP contribution is 2.34. The number of allylic oxidation sites excluding steroid dienone is 1. The Balaban J connectivity index is 3.11. The maximum Gasteiger partial charge on any atom is 0.224 e. The average molecular weight is 200 g/mol. The molecule has 0 aromatic rings. The van der Waals surface area contributed by atoms with Crippen molar-refractivity contribution in [3.05, 3.63) is 11.1 Å². The van der Waals surface area contributed by atoms with E-state index in [0.717, 1.165) is 23.3 Å². The SMILES string of the molecule is CC[C@]1(O)C(=O)SCCC(C)=C1C. The summed E-state index contributed by atoms with van der Waals surface area (Å²) in [6.45, 7) is 5.71. The van der Waals surface area contributed by atoms with Crippen LogP contribution in [0.5, 0.6) is 0 Å². The number of hydrogen-bond donors (Lipinski definition) is 1. The summed E-state index contributed by atoms with van der Waals surface area (Å²) >= 11 is 1.25. The molecule has 0 spiro atoms. The fourth-order valence-corrected chi connectivity index (χ4v) is 2.65. The Hall–Kier alpha value is -0.280. The van der Waals surface area contributed by atoms with Gasteiger partial charge in [0.2, 0.25) is 5.12 Å². The Morgan fingerprint density at radius 3 is 2.69 bits per heavy atom. The smallest absolute Gasteiger partial charge is 0.224 e. The molecule has 1 heterocycles. The highest BCUT2D eigenvalue weighted by molar-refractivity contribution is 8.13. The van der Waals surface area contributed by atoms with Crippen molar-refractivity contribution in [3.63, 3.8) is 0 Å². The second-order valence-electron chi connectivity index (χ2n) is 3.51. The van der Waals surface area contributed by atoms with Crippen molar-refractivity contribution in [1.29, 1.82) is 0 Å². The molecule has 0 unspecified atom stereocenters. The first-order chi connectivity index (χ1) is 6.02. The molecule has 1 atom stereocenters. The zero-order chi connectivity index (χ0) is 10.1. The second-order valence-corrected chi connectivity index (χ2v) is 4.57. The van der Waals surface area contributed by atoms with Crippen LogP contribution in [0.15, 0.2) is 11.1 Å². The van der Waals surface area contributed by atoms with Crippen LogP contribution in [0.1, 0.15) is 33.6 Å². The van der Waals surface area contributed by atoms with Gasteiger partial charge in [0, 0.05) is 5.75 Å². The molecule has 1 aliphatic heterocycles. The molecule has 0 saturated heterocycles. The first kappa shape index (κ1) is 10.8. The predicted octanol–water partition coefficient (Wildman–Crippen LogP) is 2.13. The summed E-state index contributed by atoms with van der Waals surface area (Å²) in [4.78, 5) is 11.6. The van der Waals surface area contributed by atoms with Crippen molar-refractivity contribution in [3.8, 4) is 0 Å². The van der Waals surface area contributed by atoms with Crippen LogP contribution in [-0.2, 0) is 4.79 Å². The lowest BCUT2D eigenvalue weighted by Crippen LogP contribution is -2.37. The number of carbonyl (C=O) groups is 1.